The number of thiophene rings is 1. The van der Waals surface area contributed by atoms with Crippen LogP contribution in [0.15, 0.2) is 33.1 Å². The standard InChI is InChI=1S/C11H9BrN2O4S2/c1-6-4-9(19-10(6)11(15)16)20(17,18)14-8-3-2-7(12)5-13-8/h2-5H,1H3,(H,13,14)(H,15,16). The van der Waals surface area contributed by atoms with Gasteiger partial charge < -0.3 is 5.11 Å². The van der Waals surface area contributed by atoms with E-state index >= 15 is 0 Å². The number of hydrogen-bond acceptors (Lipinski definition) is 5. The van der Waals surface area contributed by atoms with Gasteiger partial charge in [-0.15, -0.1) is 11.3 Å². The van der Waals surface area contributed by atoms with E-state index in [0.29, 0.717) is 16.9 Å². The molecular formula is C11H9BrN2O4S2. The summed E-state index contributed by atoms with van der Waals surface area (Å²) in [4.78, 5) is 14.8. The van der Waals surface area contributed by atoms with Gasteiger partial charge in [0.15, 0.2) is 0 Å². The lowest BCUT2D eigenvalue weighted by atomic mass is 10.3. The van der Waals surface area contributed by atoms with E-state index in [1.54, 1.807) is 13.0 Å². The van der Waals surface area contributed by atoms with Gasteiger partial charge in [-0.1, -0.05) is 0 Å². The van der Waals surface area contributed by atoms with Crippen LogP contribution in [0.1, 0.15) is 15.2 Å². The average Bonchev–Trinajstić information content (AvgIpc) is 2.75. The second kappa shape index (κ2) is 5.51. The van der Waals surface area contributed by atoms with Crippen LogP contribution in [0.4, 0.5) is 5.82 Å². The second-order valence-electron chi connectivity index (χ2n) is 3.85. The number of aromatic carboxylic acids is 1. The summed E-state index contributed by atoms with van der Waals surface area (Å²) in [5.74, 6) is -0.980. The summed E-state index contributed by atoms with van der Waals surface area (Å²) >= 11 is 3.91. The maximum absolute atomic E-state index is 12.1. The monoisotopic (exact) mass is 376 g/mol. The number of nitrogens with one attached hydrogen (secondary N) is 1. The van der Waals surface area contributed by atoms with Gasteiger partial charge in [0.1, 0.15) is 14.9 Å². The predicted octanol–water partition coefficient (Wildman–Crippen LogP) is 2.71. The predicted molar refractivity (Wildman–Crippen MR) is 78.8 cm³/mol. The van der Waals surface area contributed by atoms with Crippen LogP contribution in [0.2, 0.25) is 0 Å². The molecule has 2 heterocycles. The highest BCUT2D eigenvalue weighted by molar-refractivity contribution is 9.10. The summed E-state index contributed by atoms with van der Waals surface area (Å²) in [5, 5.41) is 8.94. The van der Waals surface area contributed by atoms with Crippen LogP contribution in [0.25, 0.3) is 0 Å². The number of carbonyl (C=O) groups is 1. The summed E-state index contributed by atoms with van der Waals surface area (Å²) in [6.07, 6.45) is 1.46. The minimum absolute atomic E-state index is 0.00846. The van der Waals surface area contributed by atoms with Gasteiger partial charge in [0, 0.05) is 10.7 Å². The lowest BCUT2D eigenvalue weighted by Gasteiger charge is -2.04. The van der Waals surface area contributed by atoms with Gasteiger partial charge in [-0.05, 0) is 46.6 Å². The fourth-order valence-electron chi connectivity index (χ4n) is 1.42. The third-order valence-corrected chi connectivity index (χ3v) is 5.84. The fraction of sp³-hybridized carbons (Fsp3) is 0.0909. The molecule has 0 fully saturated rings. The van der Waals surface area contributed by atoms with Crippen molar-refractivity contribution >= 4 is 49.1 Å². The highest BCUT2D eigenvalue weighted by atomic mass is 79.9. The number of aryl methyl sites for hydroxylation is 1. The maximum Gasteiger partial charge on any atom is 0.346 e. The Bertz CT molecular complexity index is 753. The zero-order chi connectivity index (χ0) is 14.9. The van der Waals surface area contributed by atoms with Crippen LogP contribution >= 0.6 is 27.3 Å². The van der Waals surface area contributed by atoms with Crippen molar-refractivity contribution in [3.05, 3.63) is 39.3 Å². The van der Waals surface area contributed by atoms with Crippen molar-refractivity contribution in [2.45, 2.75) is 11.1 Å². The van der Waals surface area contributed by atoms with E-state index in [4.69, 9.17) is 5.11 Å². The number of carboxylic acid groups (broad SMARTS) is 1. The first-order valence-corrected chi connectivity index (χ1v) is 8.37. The van der Waals surface area contributed by atoms with Gasteiger partial charge in [-0.2, -0.15) is 0 Å². The number of sulfonamides is 1. The fourth-order valence-corrected chi connectivity index (χ4v) is 4.04. The number of aromatic nitrogens is 1. The van der Waals surface area contributed by atoms with Crippen LogP contribution < -0.4 is 4.72 Å². The van der Waals surface area contributed by atoms with Crippen LogP contribution in [-0.2, 0) is 10.0 Å². The Kier molecular flexibility index (Phi) is 4.11. The van der Waals surface area contributed by atoms with Gasteiger partial charge >= 0.3 is 5.97 Å². The van der Waals surface area contributed by atoms with Crippen molar-refractivity contribution in [1.82, 2.24) is 4.98 Å². The molecule has 2 N–H and O–H groups in total. The molecule has 0 atom stereocenters. The molecule has 0 saturated carbocycles. The summed E-state index contributed by atoms with van der Waals surface area (Å²) in [6.45, 7) is 1.55. The number of rotatable bonds is 4. The molecule has 2 aromatic heterocycles. The number of pyridine rings is 1. The Morgan fingerprint density at radius 1 is 1.45 bits per heavy atom. The molecule has 9 heteroatoms. The summed E-state index contributed by atoms with van der Waals surface area (Å²) < 4.78 is 27.2. The molecule has 2 aromatic rings. The second-order valence-corrected chi connectivity index (χ2v) is 7.73. The lowest BCUT2D eigenvalue weighted by molar-refractivity contribution is 0.0701. The molecular weight excluding hydrogens is 368 g/mol. The molecule has 0 amide bonds. The molecule has 0 aliphatic heterocycles. The van der Waals surface area contributed by atoms with Crippen molar-refractivity contribution in [2.75, 3.05) is 4.72 Å². The van der Waals surface area contributed by atoms with Crippen LogP contribution in [-0.4, -0.2) is 24.5 Å². The van der Waals surface area contributed by atoms with Crippen LogP contribution in [0, 0.1) is 6.92 Å². The zero-order valence-electron chi connectivity index (χ0n) is 10.1. The Morgan fingerprint density at radius 3 is 2.65 bits per heavy atom. The van der Waals surface area contributed by atoms with E-state index in [9.17, 15) is 13.2 Å². The van der Waals surface area contributed by atoms with Crippen molar-refractivity contribution in [1.29, 1.82) is 0 Å². The van der Waals surface area contributed by atoms with Gasteiger partial charge in [0.25, 0.3) is 10.0 Å². The topological polar surface area (TPSA) is 96.4 Å². The van der Waals surface area contributed by atoms with Crippen molar-refractivity contribution < 1.29 is 18.3 Å². The molecule has 0 unspecified atom stereocenters. The van der Waals surface area contributed by atoms with E-state index in [0.717, 1.165) is 4.47 Å². The highest BCUT2D eigenvalue weighted by Gasteiger charge is 2.22. The minimum Gasteiger partial charge on any atom is -0.477 e. The SMILES string of the molecule is Cc1cc(S(=O)(=O)Nc2ccc(Br)cn2)sc1C(=O)O. The number of carboxylic acids is 1. The molecule has 0 spiro atoms. The van der Waals surface area contributed by atoms with Gasteiger partial charge in [0.05, 0.1) is 0 Å². The average molecular weight is 377 g/mol. The van der Waals surface area contributed by atoms with Gasteiger partial charge in [-0.25, -0.2) is 18.2 Å². The first-order chi connectivity index (χ1) is 9.29. The summed E-state index contributed by atoms with van der Waals surface area (Å²) in [6, 6.07) is 4.47. The van der Waals surface area contributed by atoms with Crippen LogP contribution in [0.5, 0.6) is 0 Å². The number of anilines is 1. The Balaban J connectivity index is 2.33. The molecule has 0 saturated heterocycles. The number of nitrogens with zero attached hydrogens (tertiary/aromatic N) is 1. The molecule has 106 valence electrons. The Morgan fingerprint density at radius 2 is 2.15 bits per heavy atom. The zero-order valence-corrected chi connectivity index (χ0v) is 13.3. The normalized spacial score (nSPS) is 11.3. The van der Waals surface area contributed by atoms with E-state index < -0.39 is 16.0 Å². The first kappa shape index (κ1) is 14.9. The van der Waals surface area contributed by atoms with E-state index in [1.807, 2.05) is 0 Å². The summed E-state index contributed by atoms with van der Waals surface area (Å²) in [7, 11) is -3.83. The van der Waals surface area contributed by atoms with Crippen molar-refractivity contribution in [3.63, 3.8) is 0 Å². The minimum atomic E-state index is -3.83. The smallest absolute Gasteiger partial charge is 0.346 e. The third-order valence-electron chi connectivity index (χ3n) is 2.32. The van der Waals surface area contributed by atoms with Crippen molar-refractivity contribution in [2.24, 2.45) is 0 Å². The molecule has 0 aromatic carbocycles. The van der Waals surface area contributed by atoms with E-state index in [-0.39, 0.29) is 14.9 Å². The van der Waals surface area contributed by atoms with Crippen molar-refractivity contribution in [3.8, 4) is 0 Å². The molecule has 0 radical (unpaired) electrons. The molecule has 6 nitrogen and oxygen atoms in total. The summed E-state index contributed by atoms with van der Waals surface area (Å²) in [5.41, 5.74) is 0.409. The number of hydrogen-bond donors (Lipinski definition) is 2. The highest BCUT2D eigenvalue weighted by Crippen LogP contribution is 2.27. The third kappa shape index (κ3) is 3.17. The lowest BCUT2D eigenvalue weighted by Crippen LogP contribution is -2.12. The molecule has 20 heavy (non-hydrogen) atoms. The van der Waals surface area contributed by atoms with E-state index in [2.05, 4.69) is 25.6 Å². The quantitative estimate of drug-likeness (QED) is 0.854. The first-order valence-electron chi connectivity index (χ1n) is 5.28. The molecule has 0 bridgehead atoms. The van der Waals surface area contributed by atoms with Crippen LogP contribution in [0.3, 0.4) is 0 Å². The number of halogens is 1. The Hall–Kier alpha value is -1.45. The molecule has 2 rings (SSSR count). The maximum atomic E-state index is 12.1. The Labute approximate surface area is 127 Å². The van der Waals surface area contributed by atoms with Gasteiger partial charge in [-0.3, -0.25) is 4.72 Å². The van der Waals surface area contributed by atoms with Gasteiger partial charge in [0.2, 0.25) is 0 Å². The molecule has 0 aliphatic carbocycles. The largest absolute Gasteiger partial charge is 0.477 e. The molecule has 0 aliphatic rings. The van der Waals surface area contributed by atoms with E-state index in [1.165, 1.54) is 18.3 Å².